The first-order chi connectivity index (χ1) is 6.51. The highest BCUT2D eigenvalue weighted by Gasteiger charge is 2.07. The van der Waals surface area contributed by atoms with Crippen LogP contribution in [0.4, 0.5) is 0 Å². The van der Waals surface area contributed by atoms with Gasteiger partial charge in [0.15, 0.2) is 0 Å². The van der Waals surface area contributed by atoms with Crippen LogP contribution in [0.15, 0.2) is 24.3 Å². The van der Waals surface area contributed by atoms with Crippen LogP contribution in [0.2, 0.25) is 19.6 Å². The van der Waals surface area contributed by atoms with Crippen molar-refractivity contribution in [3.63, 3.8) is 0 Å². The zero-order valence-corrected chi connectivity index (χ0v) is 10.1. The van der Waals surface area contributed by atoms with Crippen LogP contribution in [0.25, 0.3) is 0 Å². The second-order valence-corrected chi connectivity index (χ2v) is 9.15. The third-order valence-corrected chi connectivity index (χ3v) is 2.62. The van der Waals surface area contributed by atoms with Gasteiger partial charge in [0.2, 0.25) is 0 Å². The van der Waals surface area contributed by atoms with Crippen molar-refractivity contribution in [2.45, 2.75) is 26.2 Å². The molecule has 14 heavy (non-hydrogen) atoms. The second kappa shape index (κ2) is 4.45. The molecular formula is C12H17NSi. The number of nitrogens with two attached hydrogens (primary N) is 1. The van der Waals surface area contributed by atoms with Gasteiger partial charge in [-0.25, -0.2) is 0 Å². The van der Waals surface area contributed by atoms with Gasteiger partial charge in [0.1, 0.15) is 8.07 Å². The van der Waals surface area contributed by atoms with Crippen LogP contribution in [0.5, 0.6) is 0 Å². The molecule has 0 bridgehead atoms. The molecule has 0 radical (unpaired) electrons. The van der Waals surface area contributed by atoms with Gasteiger partial charge in [0.25, 0.3) is 0 Å². The minimum atomic E-state index is -1.26. The van der Waals surface area contributed by atoms with Gasteiger partial charge < -0.3 is 5.73 Å². The number of hydrogen-bond donors (Lipinski definition) is 1. The summed E-state index contributed by atoms with van der Waals surface area (Å²) in [5.41, 5.74) is 11.1. The molecule has 0 aliphatic heterocycles. The van der Waals surface area contributed by atoms with Gasteiger partial charge in [-0.05, 0) is 17.7 Å². The Morgan fingerprint density at radius 2 is 2.00 bits per heavy atom. The van der Waals surface area contributed by atoms with E-state index in [0.29, 0.717) is 6.54 Å². The van der Waals surface area contributed by atoms with Crippen molar-refractivity contribution in [1.82, 2.24) is 0 Å². The monoisotopic (exact) mass is 203 g/mol. The summed E-state index contributed by atoms with van der Waals surface area (Å²) in [6.07, 6.45) is 0. The van der Waals surface area contributed by atoms with Crippen LogP contribution >= 0.6 is 0 Å². The van der Waals surface area contributed by atoms with E-state index in [1.165, 1.54) is 0 Å². The van der Waals surface area contributed by atoms with E-state index in [2.05, 4.69) is 37.2 Å². The van der Waals surface area contributed by atoms with Crippen LogP contribution in [0.3, 0.4) is 0 Å². The van der Waals surface area contributed by atoms with E-state index in [1.54, 1.807) is 0 Å². The maximum atomic E-state index is 5.56. The van der Waals surface area contributed by atoms with Crippen molar-refractivity contribution >= 4 is 8.07 Å². The topological polar surface area (TPSA) is 26.0 Å². The Balaban J connectivity index is 2.90. The van der Waals surface area contributed by atoms with Crippen LogP contribution in [-0.2, 0) is 6.54 Å². The molecule has 74 valence electrons. The molecule has 2 heteroatoms. The van der Waals surface area contributed by atoms with Crippen molar-refractivity contribution in [3.8, 4) is 11.5 Å². The quantitative estimate of drug-likeness (QED) is 0.550. The molecule has 0 saturated heterocycles. The molecule has 0 aromatic heterocycles. The molecule has 0 aliphatic rings. The minimum Gasteiger partial charge on any atom is -0.326 e. The zero-order valence-electron chi connectivity index (χ0n) is 9.09. The van der Waals surface area contributed by atoms with E-state index in [-0.39, 0.29) is 0 Å². The first kappa shape index (κ1) is 11.0. The highest BCUT2D eigenvalue weighted by Crippen LogP contribution is 2.04. The number of rotatable bonds is 1. The van der Waals surface area contributed by atoms with Crippen molar-refractivity contribution < 1.29 is 0 Å². The lowest BCUT2D eigenvalue weighted by Gasteiger charge is -2.03. The maximum Gasteiger partial charge on any atom is 0.129 e. The van der Waals surface area contributed by atoms with Gasteiger partial charge >= 0.3 is 0 Å². The molecule has 0 atom stereocenters. The highest BCUT2D eigenvalue weighted by molar-refractivity contribution is 6.83. The van der Waals surface area contributed by atoms with E-state index in [1.807, 2.05) is 18.2 Å². The molecule has 0 saturated carbocycles. The Kier molecular flexibility index (Phi) is 3.51. The van der Waals surface area contributed by atoms with E-state index < -0.39 is 8.07 Å². The molecule has 0 amide bonds. The Labute approximate surface area is 87.3 Å². The Hall–Kier alpha value is -1.04. The largest absolute Gasteiger partial charge is 0.326 e. The summed E-state index contributed by atoms with van der Waals surface area (Å²) in [7, 11) is -1.26. The van der Waals surface area contributed by atoms with E-state index in [0.717, 1.165) is 11.1 Å². The fraction of sp³-hybridized carbons (Fsp3) is 0.333. The molecule has 0 aliphatic carbocycles. The van der Waals surface area contributed by atoms with Crippen LogP contribution in [-0.4, -0.2) is 8.07 Å². The molecule has 0 fully saturated rings. The molecule has 1 nitrogen and oxygen atoms in total. The number of hydrogen-bond acceptors (Lipinski definition) is 1. The fourth-order valence-electron chi connectivity index (χ4n) is 1.04. The predicted octanol–water partition coefficient (Wildman–Crippen LogP) is 2.37. The molecule has 0 unspecified atom stereocenters. The average molecular weight is 203 g/mol. The van der Waals surface area contributed by atoms with Crippen molar-refractivity contribution in [2.24, 2.45) is 5.73 Å². The van der Waals surface area contributed by atoms with Crippen molar-refractivity contribution in [3.05, 3.63) is 35.4 Å². The molecule has 0 spiro atoms. The zero-order chi connectivity index (χ0) is 10.6. The SMILES string of the molecule is C[Si](C)(C)C#Cc1cccc(CN)c1. The van der Waals surface area contributed by atoms with Gasteiger partial charge in [0.05, 0.1) is 0 Å². The van der Waals surface area contributed by atoms with Crippen molar-refractivity contribution in [2.75, 3.05) is 0 Å². The van der Waals surface area contributed by atoms with Crippen LogP contribution in [0.1, 0.15) is 11.1 Å². The maximum absolute atomic E-state index is 5.56. The lowest BCUT2D eigenvalue weighted by molar-refractivity contribution is 1.07. The summed E-state index contributed by atoms with van der Waals surface area (Å²) in [6, 6.07) is 8.13. The lowest BCUT2D eigenvalue weighted by Crippen LogP contribution is -2.16. The van der Waals surface area contributed by atoms with Gasteiger partial charge in [-0.3, -0.25) is 0 Å². The summed E-state index contributed by atoms with van der Waals surface area (Å²) in [5.74, 6) is 3.22. The third-order valence-electron chi connectivity index (χ3n) is 1.74. The highest BCUT2D eigenvalue weighted by atomic mass is 28.3. The Bertz CT molecular complexity index is 366. The van der Waals surface area contributed by atoms with E-state index in [9.17, 15) is 0 Å². The smallest absolute Gasteiger partial charge is 0.129 e. The lowest BCUT2D eigenvalue weighted by atomic mass is 10.1. The average Bonchev–Trinajstić information content (AvgIpc) is 2.14. The van der Waals surface area contributed by atoms with Gasteiger partial charge in [-0.15, -0.1) is 5.54 Å². The minimum absolute atomic E-state index is 0.586. The Morgan fingerprint density at radius 1 is 1.29 bits per heavy atom. The third kappa shape index (κ3) is 3.78. The standard InChI is InChI=1S/C12H17NSi/c1-14(2,3)8-7-11-5-4-6-12(9-11)10-13/h4-6,9H,10,13H2,1-3H3. The van der Waals surface area contributed by atoms with Crippen LogP contribution < -0.4 is 5.73 Å². The predicted molar refractivity (Wildman–Crippen MR) is 64.6 cm³/mol. The summed E-state index contributed by atoms with van der Waals surface area (Å²) in [5, 5.41) is 0. The molecule has 0 heterocycles. The first-order valence-electron chi connectivity index (χ1n) is 4.83. The van der Waals surface area contributed by atoms with Gasteiger partial charge in [-0.2, -0.15) is 0 Å². The van der Waals surface area contributed by atoms with Gasteiger partial charge in [0, 0.05) is 12.1 Å². The van der Waals surface area contributed by atoms with Crippen LogP contribution in [0, 0.1) is 11.5 Å². The van der Waals surface area contributed by atoms with E-state index >= 15 is 0 Å². The van der Waals surface area contributed by atoms with E-state index in [4.69, 9.17) is 5.73 Å². The summed E-state index contributed by atoms with van der Waals surface area (Å²) < 4.78 is 0. The van der Waals surface area contributed by atoms with Gasteiger partial charge in [-0.1, -0.05) is 37.7 Å². The second-order valence-electron chi connectivity index (χ2n) is 4.40. The van der Waals surface area contributed by atoms with Crippen molar-refractivity contribution in [1.29, 1.82) is 0 Å². The molecule has 1 aromatic carbocycles. The first-order valence-corrected chi connectivity index (χ1v) is 8.33. The molecule has 1 rings (SSSR count). The summed E-state index contributed by atoms with van der Waals surface area (Å²) in [4.78, 5) is 0. The molecule has 1 aromatic rings. The molecular weight excluding hydrogens is 186 g/mol. The molecule has 2 N–H and O–H groups in total. The summed E-state index contributed by atoms with van der Waals surface area (Å²) >= 11 is 0. The normalized spacial score (nSPS) is 10.6. The Morgan fingerprint density at radius 3 is 2.57 bits per heavy atom. The number of benzene rings is 1. The summed E-state index contributed by atoms with van der Waals surface area (Å²) in [6.45, 7) is 7.31. The fourth-order valence-corrected chi connectivity index (χ4v) is 1.56.